The van der Waals surface area contributed by atoms with Crippen LogP contribution in [0.3, 0.4) is 0 Å². The summed E-state index contributed by atoms with van der Waals surface area (Å²) in [5, 5.41) is 2.97. The second-order valence-electron chi connectivity index (χ2n) is 6.42. The monoisotopic (exact) mass is 374 g/mol. The molecule has 0 spiro atoms. The van der Waals surface area contributed by atoms with Crippen molar-refractivity contribution in [3.05, 3.63) is 65.7 Å². The summed E-state index contributed by atoms with van der Waals surface area (Å²) in [5.74, 6) is -0.411. The quantitative estimate of drug-likeness (QED) is 0.743. The molecule has 3 N–H and O–H groups in total. The first kappa shape index (κ1) is 20.1. The maximum atomic E-state index is 12.7. The molecule has 0 aliphatic carbocycles. The lowest BCUT2D eigenvalue weighted by Gasteiger charge is -2.31. The minimum absolute atomic E-state index is 0.102. The van der Waals surface area contributed by atoms with Crippen molar-refractivity contribution in [3.63, 3.8) is 0 Å². The van der Waals surface area contributed by atoms with Crippen LogP contribution in [-0.4, -0.2) is 26.4 Å². The molecule has 0 unspecified atom stereocenters. The summed E-state index contributed by atoms with van der Waals surface area (Å²) in [6.07, 6.45) is 1.41. The summed E-state index contributed by atoms with van der Waals surface area (Å²) in [6, 6.07) is 15.1. The molecule has 0 atom stereocenters. The van der Waals surface area contributed by atoms with Crippen molar-refractivity contribution in [2.45, 2.75) is 42.9 Å². The Kier molecular flexibility index (Phi) is 6.56. The molecular weight excluding hydrogens is 348 g/mol. The summed E-state index contributed by atoms with van der Waals surface area (Å²) >= 11 is 0. The predicted octanol–water partition coefficient (Wildman–Crippen LogP) is 2.91. The highest BCUT2D eigenvalue weighted by Gasteiger charge is 2.27. The topological polar surface area (TPSA) is 89.3 Å². The number of hydrogen-bond donors (Lipinski definition) is 2. The first-order valence-corrected chi connectivity index (χ1v) is 10.4. The Morgan fingerprint density at radius 2 is 1.69 bits per heavy atom. The van der Waals surface area contributed by atoms with Gasteiger partial charge in [0.05, 0.1) is 16.2 Å². The molecule has 0 aromatic heterocycles. The number of rotatable bonds is 8. The molecule has 0 aliphatic heterocycles. The number of carbonyl (C=O) groups excluding carboxylic acids is 1. The molecule has 0 aliphatic rings. The van der Waals surface area contributed by atoms with E-state index in [1.807, 2.05) is 19.9 Å². The minimum atomic E-state index is -3.53. The Labute approximate surface area is 155 Å². The SMILES string of the molecule is CCC(CC)(CN)NC(=O)c1cccc(S(=O)(=O)Cc2ccccc2)c1. The molecule has 0 saturated heterocycles. The van der Waals surface area contributed by atoms with Gasteiger partial charge in [0, 0.05) is 12.1 Å². The normalized spacial score (nSPS) is 12.0. The first-order chi connectivity index (χ1) is 12.4. The third-order valence-electron chi connectivity index (χ3n) is 4.78. The van der Waals surface area contributed by atoms with Crippen LogP contribution in [0.5, 0.6) is 0 Å². The van der Waals surface area contributed by atoms with Gasteiger partial charge in [0.1, 0.15) is 0 Å². The first-order valence-electron chi connectivity index (χ1n) is 8.75. The van der Waals surface area contributed by atoms with E-state index in [1.165, 1.54) is 12.1 Å². The van der Waals surface area contributed by atoms with E-state index in [-0.39, 0.29) is 16.6 Å². The lowest BCUT2D eigenvalue weighted by atomic mass is 9.92. The second kappa shape index (κ2) is 8.47. The van der Waals surface area contributed by atoms with E-state index in [2.05, 4.69) is 5.32 Å². The van der Waals surface area contributed by atoms with Gasteiger partial charge in [0.25, 0.3) is 5.91 Å². The molecule has 5 nitrogen and oxygen atoms in total. The van der Waals surface area contributed by atoms with Crippen LogP contribution in [0.4, 0.5) is 0 Å². The van der Waals surface area contributed by atoms with E-state index >= 15 is 0 Å². The molecule has 0 radical (unpaired) electrons. The van der Waals surface area contributed by atoms with Crippen molar-refractivity contribution in [1.29, 1.82) is 0 Å². The fraction of sp³-hybridized carbons (Fsp3) is 0.350. The van der Waals surface area contributed by atoms with Crippen LogP contribution < -0.4 is 11.1 Å². The number of sulfone groups is 1. The molecule has 26 heavy (non-hydrogen) atoms. The zero-order valence-electron chi connectivity index (χ0n) is 15.2. The summed E-state index contributed by atoms with van der Waals surface area (Å²) < 4.78 is 25.4. The molecule has 0 heterocycles. The van der Waals surface area contributed by atoms with Crippen LogP contribution in [0.1, 0.15) is 42.6 Å². The van der Waals surface area contributed by atoms with Crippen LogP contribution in [0.15, 0.2) is 59.5 Å². The second-order valence-corrected chi connectivity index (χ2v) is 8.41. The largest absolute Gasteiger partial charge is 0.345 e. The highest BCUT2D eigenvalue weighted by molar-refractivity contribution is 7.90. The standard InChI is InChI=1S/C20H26N2O3S/c1-3-20(4-2,15-21)22-19(23)17-11-8-12-18(13-17)26(24,25)14-16-9-6-5-7-10-16/h5-13H,3-4,14-15,21H2,1-2H3,(H,22,23). The van der Waals surface area contributed by atoms with Crippen LogP contribution in [0.25, 0.3) is 0 Å². The van der Waals surface area contributed by atoms with Gasteiger partial charge in [-0.2, -0.15) is 0 Å². The third kappa shape index (κ3) is 4.71. The molecule has 0 fully saturated rings. The molecule has 2 aromatic carbocycles. The molecule has 2 rings (SSSR count). The third-order valence-corrected chi connectivity index (χ3v) is 6.46. The average Bonchev–Trinajstić information content (AvgIpc) is 2.66. The van der Waals surface area contributed by atoms with Gasteiger partial charge in [0.15, 0.2) is 9.84 Å². The molecule has 1 amide bonds. The number of benzene rings is 2. The Bertz CT molecular complexity index is 836. The molecular formula is C20H26N2O3S. The summed E-state index contributed by atoms with van der Waals surface area (Å²) in [6.45, 7) is 4.27. The Balaban J connectivity index is 2.25. The van der Waals surface area contributed by atoms with Gasteiger partial charge in [-0.15, -0.1) is 0 Å². The molecule has 0 bridgehead atoms. The maximum absolute atomic E-state index is 12.7. The van der Waals surface area contributed by atoms with E-state index in [9.17, 15) is 13.2 Å². The van der Waals surface area contributed by atoms with E-state index in [4.69, 9.17) is 5.73 Å². The van der Waals surface area contributed by atoms with Gasteiger partial charge in [-0.05, 0) is 36.6 Å². The van der Waals surface area contributed by atoms with Crippen LogP contribution >= 0.6 is 0 Å². The van der Waals surface area contributed by atoms with E-state index in [1.54, 1.807) is 36.4 Å². The van der Waals surface area contributed by atoms with E-state index in [0.29, 0.717) is 30.5 Å². The fourth-order valence-corrected chi connectivity index (χ4v) is 4.18. The zero-order chi connectivity index (χ0) is 19.2. The highest BCUT2D eigenvalue weighted by atomic mass is 32.2. The van der Waals surface area contributed by atoms with Crippen LogP contribution in [0, 0.1) is 0 Å². The van der Waals surface area contributed by atoms with Gasteiger partial charge in [-0.25, -0.2) is 8.42 Å². The Morgan fingerprint density at radius 3 is 2.27 bits per heavy atom. The number of hydrogen-bond acceptors (Lipinski definition) is 4. The van der Waals surface area contributed by atoms with E-state index < -0.39 is 15.4 Å². The van der Waals surface area contributed by atoms with E-state index in [0.717, 1.165) is 0 Å². The smallest absolute Gasteiger partial charge is 0.251 e. The maximum Gasteiger partial charge on any atom is 0.251 e. The van der Waals surface area contributed by atoms with Gasteiger partial charge in [-0.3, -0.25) is 4.79 Å². The van der Waals surface area contributed by atoms with Crippen molar-refractivity contribution in [2.24, 2.45) is 5.73 Å². The fourth-order valence-electron chi connectivity index (χ4n) is 2.79. The van der Waals surface area contributed by atoms with Crippen molar-refractivity contribution < 1.29 is 13.2 Å². The summed E-state index contributed by atoms with van der Waals surface area (Å²) in [7, 11) is -3.53. The number of nitrogens with two attached hydrogens (primary N) is 1. The van der Waals surface area contributed by atoms with Crippen molar-refractivity contribution in [3.8, 4) is 0 Å². The number of carbonyl (C=O) groups is 1. The minimum Gasteiger partial charge on any atom is -0.345 e. The predicted molar refractivity (Wildman–Crippen MR) is 104 cm³/mol. The Morgan fingerprint density at radius 1 is 1.04 bits per heavy atom. The average molecular weight is 375 g/mol. The van der Waals surface area contributed by atoms with Gasteiger partial charge in [-0.1, -0.05) is 50.2 Å². The van der Waals surface area contributed by atoms with Gasteiger partial charge in [0.2, 0.25) is 0 Å². The van der Waals surface area contributed by atoms with Crippen molar-refractivity contribution >= 4 is 15.7 Å². The zero-order valence-corrected chi connectivity index (χ0v) is 16.1. The lowest BCUT2D eigenvalue weighted by molar-refractivity contribution is 0.0895. The lowest BCUT2D eigenvalue weighted by Crippen LogP contribution is -2.52. The van der Waals surface area contributed by atoms with Gasteiger partial charge >= 0.3 is 0 Å². The van der Waals surface area contributed by atoms with Crippen molar-refractivity contribution in [2.75, 3.05) is 6.54 Å². The molecule has 2 aromatic rings. The summed E-state index contributed by atoms with van der Waals surface area (Å²) in [4.78, 5) is 12.8. The summed E-state index contributed by atoms with van der Waals surface area (Å²) in [5.41, 5.74) is 6.38. The highest BCUT2D eigenvalue weighted by Crippen LogP contribution is 2.19. The van der Waals surface area contributed by atoms with Crippen LogP contribution in [-0.2, 0) is 15.6 Å². The molecule has 0 saturated carbocycles. The Hall–Kier alpha value is -2.18. The molecule has 6 heteroatoms. The number of amides is 1. The van der Waals surface area contributed by atoms with Crippen LogP contribution in [0.2, 0.25) is 0 Å². The number of nitrogens with one attached hydrogen (secondary N) is 1. The molecule has 140 valence electrons. The van der Waals surface area contributed by atoms with Crippen molar-refractivity contribution in [1.82, 2.24) is 5.32 Å². The van der Waals surface area contributed by atoms with Gasteiger partial charge < -0.3 is 11.1 Å².